The van der Waals surface area contributed by atoms with E-state index in [1.807, 2.05) is 12.1 Å². The minimum atomic E-state index is 0.0599. The molecule has 0 spiro atoms. The smallest absolute Gasteiger partial charge is 0.214 e. The van der Waals surface area contributed by atoms with E-state index < -0.39 is 0 Å². The zero-order valence-corrected chi connectivity index (χ0v) is 14.7. The molecular weight excluding hydrogens is 367 g/mol. The lowest BCUT2D eigenvalue weighted by Gasteiger charge is -2.04. The average molecular weight is 379 g/mol. The molecule has 122 valence electrons. The first-order valence-electron chi connectivity index (χ1n) is 7.09. The summed E-state index contributed by atoms with van der Waals surface area (Å²) in [7, 11) is 0. The van der Waals surface area contributed by atoms with E-state index in [0.29, 0.717) is 32.9 Å². The number of carbonyl (C=O) groups is 1. The van der Waals surface area contributed by atoms with Crippen LogP contribution < -0.4 is 0 Å². The van der Waals surface area contributed by atoms with Crippen LogP contribution in [-0.2, 0) is 0 Å². The van der Waals surface area contributed by atoms with Crippen molar-refractivity contribution in [3.8, 4) is 5.69 Å². The van der Waals surface area contributed by atoms with Gasteiger partial charge in [0.1, 0.15) is 0 Å². The van der Waals surface area contributed by atoms with Crippen molar-refractivity contribution in [2.75, 3.05) is 5.75 Å². The lowest BCUT2D eigenvalue weighted by molar-refractivity contribution is 0.0989. The van der Waals surface area contributed by atoms with E-state index in [9.17, 15) is 4.79 Å². The third kappa shape index (κ3) is 4.14. The zero-order chi connectivity index (χ0) is 16.9. The molecule has 0 aliphatic heterocycles. The normalized spacial score (nSPS) is 10.8. The van der Waals surface area contributed by atoms with Gasteiger partial charge >= 0.3 is 0 Å². The molecule has 0 saturated heterocycles. The number of thioether (sulfide) groups is 1. The maximum atomic E-state index is 12.1. The topological polar surface area (TPSA) is 60.7 Å². The number of aromatic nitrogens is 4. The maximum Gasteiger partial charge on any atom is 0.214 e. The Morgan fingerprint density at radius 2 is 1.62 bits per heavy atom. The van der Waals surface area contributed by atoms with Crippen molar-refractivity contribution in [1.82, 2.24) is 20.2 Å². The van der Waals surface area contributed by atoms with Crippen LogP contribution in [0.1, 0.15) is 16.8 Å². The van der Waals surface area contributed by atoms with Crippen LogP contribution in [0, 0.1) is 0 Å². The minimum Gasteiger partial charge on any atom is -0.294 e. The summed E-state index contributed by atoms with van der Waals surface area (Å²) in [5, 5.41) is 13.6. The lowest BCUT2D eigenvalue weighted by atomic mass is 10.1. The van der Waals surface area contributed by atoms with Gasteiger partial charge in [-0.15, -0.1) is 5.10 Å². The third-order valence-electron chi connectivity index (χ3n) is 3.24. The first-order valence-corrected chi connectivity index (χ1v) is 8.83. The highest BCUT2D eigenvalue weighted by Crippen LogP contribution is 2.21. The molecule has 0 bridgehead atoms. The predicted molar refractivity (Wildman–Crippen MR) is 95.3 cm³/mol. The summed E-state index contributed by atoms with van der Waals surface area (Å²) in [5.74, 6) is 0.639. The van der Waals surface area contributed by atoms with Crippen molar-refractivity contribution in [3.05, 3.63) is 64.1 Å². The van der Waals surface area contributed by atoms with Gasteiger partial charge < -0.3 is 0 Å². The number of hydrogen-bond acceptors (Lipinski definition) is 5. The van der Waals surface area contributed by atoms with Gasteiger partial charge in [-0.2, -0.15) is 4.68 Å². The van der Waals surface area contributed by atoms with Crippen LogP contribution in [0.25, 0.3) is 5.69 Å². The molecule has 3 aromatic rings. The molecule has 0 saturated carbocycles. The van der Waals surface area contributed by atoms with Crippen LogP contribution >= 0.6 is 35.0 Å². The number of rotatable bonds is 6. The number of hydrogen-bond donors (Lipinski definition) is 0. The second-order valence-corrected chi connectivity index (χ2v) is 6.81. The Kier molecular flexibility index (Phi) is 5.50. The number of nitrogens with zero attached hydrogens (tertiary/aromatic N) is 4. The van der Waals surface area contributed by atoms with Gasteiger partial charge in [0.05, 0.1) is 5.69 Å². The van der Waals surface area contributed by atoms with Gasteiger partial charge in [0.15, 0.2) is 5.78 Å². The number of halogens is 2. The van der Waals surface area contributed by atoms with Crippen LogP contribution in [0.5, 0.6) is 0 Å². The van der Waals surface area contributed by atoms with Crippen LogP contribution in [0.3, 0.4) is 0 Å². The molecular formula is C16H12Cl2N4OS. The summed E-state index contributed by atoms with van der Waals surface area (Å²) in [6.07, 6.45) is 0.389. The standard InChI is InChI=1S/C16H12Cl2N4OS/c17-12-3-1-11(2-4-12)15(23)9-10-24-16-19-20-21-22(16)14-7-5-13(18)6-8-14/h1-8H,9-10H2. The number of tetrazole rings is 1. The van der Waals surface area contributed by atoms with E-state index in [-0.39, 0.29) is 5.78 Å². The van der Waals surface area contributed by atoms with Crippen LogP contribution in [0.4, 0.5) is 0 Å². The number of carbonyl (C=O) groups excluding carboxylic acids is 1. The quantitative estimate of drug-likeness (QED) is 0.471. The van der Waals surface area contributed by atoms with E-state index in [1.54, 1.807) is 41.1 Å². The second-order valence-electron chi connectivity index (χ2n) is 4.88. The van der Waals surface area contributed by atoms with Crippen molar-refractivity contribution in [2.24, 2.45) is 0 Å². The molecule has 1 heterocycles. The molecule has 24 heavy (non-hydrogen) atoms. The Balaban J connectivity index is 1.61. The minimum absolute atomic E-state index is 0.0599. The summed E-state index contributed by atoms with van der Waals surface area (Å²) in [6.45, 7) is 0. The predicted octanol–water partition coefficient (Wildman–Crippen LogP) is 4.33. The SMILES string of the molecule is O=C(CCSc1nnnn1-c1ccc(Cl)cc1)c1ccc(Cl)cc1. The van der Waals surface area contributed by atoms with Crippen molar-refractivity contribution in [2.45, 2.75) is 11.6 Å². The summed E-state index contributed by atoms with van der Waals surface area (Å²) in [6, 6.07) is 14.1. The van der Waals surface area contributed by atoms with Crippen molar-refractivity contribution in [3.63, 3.8) is 0 Å². The summed E-state index contributed by atoms with van der Waals surface area (Å²) < 4.78 is 1.62. The summed E-state index contributed by atoms with van der Waals surface area (Å²) >= 11 is 13.1. The molecule has 3 rings (SSSR count). The van der Waals surface area contributed by atoms with E-state index in [4.69, 9.17) is 23.2 Å². The van der Waals surface area contributed by atoms with Crippen molar-refractivity contribution < 1.29 is 4.79 Å². The lowest BCUT2D eigenvalue weighted by Crippen LogP contribution is -2.02. The number of ketones is 1. The van der Waals surface area contributed by atoms with Gasteiger partial charge in [-0.1, -0.05) is 35.0 Å². The highest BCUT2D eigenvalue weighted by molar-refractivity contribution is 7.99. The number of Topliss-reactive ketones (excluding diaryl/α,β-unsaturated/α-hetero) is 1. The Labute approximate surface area is 153 Å². The van der Waals surface area contributed by atoms with Crippen LogP contribution in [0.15, 0.2) is 53.7 Å². The summed E-state index contributed by atoms with van der Waals surface area (Å²) in [4.78, 5) is 12.1. The molecule has 0 fully saturated rings. The van der Waals surface area contributed by atoms with Gasteiger partial charge in [0, 0.05) is 27.8 Å². The van der Waals surface area contributed by atoms with Crippen LogP contribution in [-0.4, -0.2) is 31.7 Å². The zero-order valence-electron chi connectivity index (χ0n) is 12.4. The molecule has 8 heteroatoms. The fraction of sp³-hybridized carbons (Fsp3) is 0.125. The average Bonchev–Trinajstić information content (AvgIpc) is 3.04. The van der Waals surface area contributed by atoms with Crippen molar-refractivity contribution >= 4 is 40.7 Å². The van der Waals surface area contributed by atoms with Crippen molar-refractivity contribution in [1.29, 1.82) is 0 Å². The molecule has 0 N–H and O–H groups in total. The Morgan fingerprint density at radius 3 is 2.29 bits per heavy atom. The molecule has 0 unspecified atom stereocenters. The molecule has 0 radical (unpaired) electrons. The Bertz CT molecular complexity index is 834. The molecule has 0 amide bonds. The van der Waals surface area contributed by atoms with Gasteiger partial charge in [-0.3, -0.25) is 4.79 Å². The Hall–Kier alpha value is -1.89. The van der Waals surface area contributed by atoms with Gasteiger partial charge in [-0.25, -0.2) is 0 Å². The fourth-order valence-corrected chi connectivity index (χ4v) is 3.11. The molecule has 1 aromatic heterocycles. The summed E-state index contributed by atoms with van der Waals surface area (Å²) in [5.41, 5.74) is 1.47. The molecule has 0 aliphatic carbocycles. The number of benzene rings is 2. The maximum absolute atomic E-state index is 12.1. The highest BCUT2D eigenvalue weighted by Gasteiger charge is 2.11. The monoisotopic (exact) mass is 378 g/mol. The van der Waals surface area contributed by atoms with E-state index in [2.05, 4.69) is 15.5 Å². The van der Waals surface area contributed by atoms with Crippen LogP contribution in [0.2, 0.25) is 10.0 Å². The fourth-order valence-electron chi connectivity index (χ4n) is 2.03. The van der Waals surface area contributed by atoms with Gasteiger partial charge in [-0.05, 0) is 59.0 Å². The largest absolute Gasteiger partial charge is 0.294 e. The van der Waals surface area contributed by atoms with Gasteiger partial charge in [0.2, 0.25) is 5.16 Å². The molecule has 0 atom stereocenters. The molecule has 2 aromatic carbocycles. The Morgan fingerprint density at radius 1 is 1.00 bits per heavy atom. The third-order valence-corrected chi connectivity index (χ3v) is 4.66. The van der Waals surface area contributed by atoms with E-state index in [1.165, 1.54) is 11.8 Å². The van der Waals surface area contributed by atoms with E-state index >= 15 is 0 Å². The van der Waals surface area contributed by atoms with E-state index in [0.717, 1.165) is 5.69 Å². The highest BCUT2D eigenvalue weighted by atomic mass is 35.5. The molecule has 0 aliphatic rings. The molecule has 5 nitrogen and oxygen atoms in total. The first kappa shape index (κ1) is 17.0. The first-order chi connectivity index (χ1) is 11.6. The van der Waals surface area contributed by atoms with Gasteiger partial charge in [0.25, 0.3) is 0 Å². The second kappa shape index (κ2) is 7.79.